The monoisotopic (exact) mass is 261 g/mol. The summed E-state index contributed by atoms with van der Waals surface area (Å²) in [6.07, 6.45) is 1.02. The summed E-state index contributed by atoms with van der Waals surface area (Å²) in [5.74, 6) is 1.09. The van der Waals surface area contributed by atoms with Crippen LogP contribution in [0.4, 0.5) is 11.4 Å². The highest BCUT2D eigenvalue weighted by Gasteiger charge is 2.21. The van der Waals surface area contributed by atoms with Gasteiger partial charge in [-0.15, -0.1) is 0 Å². The van der Waals surface area contributed by atoms with Gasteiger partial charge < -0.3 is 19.9 Å². The third-order valence-electron chi connectivity index (χ3n) is 4.08. The van der Waals surface area contributed by atoms with Crippen molar-refractivity contribution in [3.05, 3.63) is 17.7 Å². The van der Waals surface area contributed by atoms with Crippen molar-refractivity contribution < 1.29 is 4.74 Å². The predicted octanol–water partition coefficient (Wildman–Crippen LogP) is 1.49. The largest absolute Gasteiger partial charge is 0.489 e. The summed E-state index contributed by atoms with van der Waals surface area (Å²) in [5.41, 5.74) is 3.92. The number of nitrogens with one attached hydrogen (secondary N) is 1. The Morgan fingerprint density at radius 2 is 2.00 bits per heavy atom. The molecule has 4 nitrogen and oxygen atoms in total. The first kappa shape index (κ1) is 12.6. The van der Waals surface area contributed by atoms with Crippen molar-refractivity contribution in [2.24, 2.45) is 0 Å². The predicted molar refractivity (Wildman–Crippen MR) is 79.7 cm³/mol. The van der Waals surface area contributed by atoms with Gasteiger partial charge in [0.15, 0.2) is 0 Å². The molecule has 0 atom stereocenters. The minimum atomic E-state index is 0.795. The number of fused-ring (bicyclic) bond motifs is 1. The number of rotatable bonds is 2. The summed E-state index contributed by atoms with van der Waals surface area (Å²) >= 11 is 0. The zero-order valence-corrected chi connectivity index (χ0v) is 11.9. The Labute approximate surface area is 115 Å². The molecule has 0 amide bonds. The third kappa shape index (κ3) is 2.37. The maximum atomic E-state index is 5.89. The van der Waals surface area contributed by atoms with Gasteiger partial charge in [-0.3, -0.25) is 0 Å². The Morgan fingerprint density at radius 1 is 1.21 bits per heavy atom. The number of aryl methyl sites for hydroxylation is 1. The van der Waals surface area contributed by atoms with Crippen LogP contribution in [0.15, 0.2) is 12.1 Å². The Kier molecular flexibility index (Phi) is 3.51. The minimum absolute atomic E-state index is 0.795. The minimum Gasteiger partial charge on any atom is -0.489 e. The molecule has 0 saturated carbocycles. The molecule has 0 aliphatic carbocycles. The highest BCUT2D eigenvalue weighted by atomic mass is 16.5. The fourth-order valence-corrected chi connectivity index (χ4v) is 2.88. The molecule has 1 fully saturated rings. The molecule has 2 heterocycles. The average molecular weight is 261 g/mol. The molecule has 1 aromatic carbocycles. The van der Waals surface area contributed by atoms with Gasteiger partial charge in [-0.2, -0.15) is 0 Å². The lowest BCUT2D eigenvalue weighted by atomic mass is 10.1. The van der Waals surface area contributed by atoms with E-state index in [0.717, 1.165) is 51.5 Å². The van der Waals surface area contributed by atoms with Crippen LogP contribution in [0.1, 0.15) is 12.5 Å². The second-order valence-corrected chi connectivity index (χ2v) is 5.31. The SMILES string of the molecule is CCc1cc(N2CCNCC2)cc2c1OCCN2C. The van der Waals surface area contributed by atoms with E-state index in [4.69, 9.17) is 4.74 Å². The number of ether oxygens (including phenoxy) is 1. The standard InChI is InChI=1S/C15H23N3O/c1-3-12-10-13(18-6-4-16-5-7-18)11-14-15(12)19-9-8-17(14)2/h10-11,16H,3-9H2,1-2H3. The van der Waals surface area contributed by atoms with Crippen molar-refractivity contribution in [3.8, 4) is 5.75 Å². The van der Waals surface area contributed by atoms with Gasteiger partial charge >= 0.3 is 0 Å². The number of hydrogen-bond donors (Lipinski definition) is 1. The number of hydrogen-bond acceptors (Lipinski definition) is 4. The molecule has 0 aromatic heterocycles. The first-order valence-corrected chi connectivity index (χ1v) is 7.26. The molecule has 0 radical (unpaired) electrons. The molecule has 104 valence electrons. The smallest absolute Gasteiger partial charge is 0.146 e. The molecule has 2 aliphatic rings. The van der Waals surface area contributed by atoms with Crippen molar-refractivity contribution >= 4 is 11.4 Å². The summed E-state index contributed by atoms with van der Waals surface area (Å²) in [6, 6.07) is 4.60. The summed E-state index contributed by atoms with van der Waals surface area (Å²) < 4.78 is 5.89. The van der Waals surface area contributed by atoms with Gasteiger partial charge in [-0.25, -0.2) is 0 Å². The molecule has 1 aromatic rings. The van der Waals surface area contributed by atoms with Crippen LogP contribution in [0.5, 0.6) is 5.75 Å². The summed E-state index contributed by atoms with van der Waals surface area (Å²) in [6.45, 7) is 8.30. The van der Waals surface area contributed by atoms with Gasteiger partial charge in [-0.1, -0.05) is 6.92 Å². The van der Waals surface area contributed by atoms with E-state index in [1.807, 2.05) is 0 Å². The van der Waals surface area contributed by atoms with E-state index in [-0.39, 0.29) is 0 Å². The van der Waals surface area contributed by atoms with Crippen molar-refractivity contribution in [1.29, 1.82) is 0 Å². The summed E-state index contributed by atoms with van der Waals surface area (Å²) in [5, 5.41) is 3.41. The number of benzene rings is 1. The number of nitrogens with zero attached hydrogens (tertiary/aromatic N) is 2. The summed E-state index contributed by atoms with van der Waals surface area (Å²) in [4.78, 5) is 4.78. The van der Waals surface area contributed by atoms with Gasteiger partial charge in [0.25, 0.3) is 0 Å². The molecule has 0 unspecified atom stereocenters. The van der Waals surface area contributed by atoms with E-state index in [9.17, 15) is 0 Å². The van der Waals surface area contributed by atoms with Gasteiger partial charge in [0.1, 0.15) is 12.4 Å². The second kappa shape index (κ2) is 5.29. The Hall–Kier alpha value is -1.42. The number of piperazine rings is 1. The van der Waals surface area contributed by atoms with E-state index < -0.39 is 0 Å². The number of anilines is 2. The van der Waals surface area contributed by atoms with Crippen LogP contribution in [-0.2, 0) is 6.42 Å². The molecule has 4 heteroatoms. The zero-order chi connectivity index (χ0) is 13.2. The molecule has 3 rings (SSSR count). The van der Waals surface area contributed by atoms with E-state index in [2.05, 4.69) is 41.2 Å². The molecule has 1 saturated heterocycles. The summed E-state index contributed by atoms with van der Waals surface area (Å²) in [7, 11) is 2.16. The maximum Gasteiger partial charge on any atom is 0.146 e. The molecular weight excluding hydrogens is 238 g/mol. The average Bonchev–Trinajstić information content (AvgIpc) is 2.48. The first-order valence-electron chi connectivity index (χ1n) is 7.26. The third-order valence-corrected chi connectivity index (χ3v) is 4.08. The first-order chi connectivity index (χ1) is 9.29. The van der Waals surface area contributed by atoms with Gasteiger partial charge in [0, 0.05) is 38.9 Å². The van der Waals surface area contributed by atoms with Crippen molar-refractivity contribution in [3.63, 3.8) is 0 Å². The zero-order valence-electron chi connectivity index (χ0n) is 11.9. The van der Waals surface area contributed by atoms with Crippen molar-refractivity contribution in [1.82, 2.24) is 5.32 Å². The van der Waals surface area contributed by atoms with Crippen LogP contribution in [-0.4, -0.2) is 46.4 Å². The Bertz CT molecular complexity index is 455. The Balaban J connectivity index is 1.99. The van der Waals surface area contributed by atoms with Crippen LogP contribution in [0.25, 0.3) is 0 Å². The lowest BCUT2D eigenvalue weighted by Crippen LogP contribution is -2.43. The normalized spacial score (nSPS) is 19.1. The lowest BCUT2D eigenvalue weighted by Gasteiger charge is -2.34. The van der Waals surface area contributed by atoms with E-state index in [1.54, 1.807) is 0 Å². The molecule has 2 aliphatic heterocycles. The van der Waals surface area contributed by atoms with E-state index >= 15 is 0 Å². The highest BCUT2D eigenvalue weighted by molar-refractivity contribution is 5.71. The molecule has 0 bridgehead atoms. The molecule has 0 spiro atoms. The molecular formula is C15H23N3O. The van der Waals surface area contributed by atoms with Crippen LogP contribution >= 0.6 is 0 Å². The second-order valence-electron chi connectivity index (χ2n) is 5.31. The molecule has 1 N–H and O–H groups in total. The fourth-order valence-electron chi connectivity index (χ4n) is 2.88. The van der Waals surface area contributed by atoms with Crippen molar-refractivity contribution in [2.45, 2.75) is 13.3 Å². The van der Waals surface area contributed by atoms with Gasteiger partial charge in [0.2, 0.25) is 0 Å². The van der Waals surface area contributed by atoms with Crippen LogP contribution < -0.4 is 19.9 Å². The lowest BCUT2D eigenvalue weighted by molar-refractivity contribution is 0.308. The van der Waals surface area contributed by atoms with E-state index in [0.29, 0.717) is 0 Å². The van der Waals surface area contributed by atoms with Crippen LogP contribution in [0.3, 0.4) is 0 Å². The quantitative estimate of drug-likeness (QED) is 0.873. The van der Waals surface area contributed by atoms with Gasteiger partial charge in [-0.05, 0) is 24.1 Å². The van der Waals surface area contributed by atoms with Crippen LogP contribution in [0, 0.1) is 0 Å². The maximum absolute atomic E-state index is 5.89. The Morgan fingerprint density at radius 3 is 2.74 bits per heavy atom. The van der Waals surface area contributed by atoms with Crippen LogP contribution in [0.2, 0.25) is 0 Å². The topological polar surface area (TPSA) is 27.7 Å². The van der Waals surface area contributed by atoms with E-state index in [1.165, 1.54) is 16.9 Å². The fraction of sp³-hybridized carbons (Fsp3) is 0.600. The highest BCUT2D eigenvalue weighted by Crippen LogP contribution is 2.38. The number of likely N-dealkylation sites (N-methyl/N-ethyl adjacent to an activating group) is 1. The van der Waals surface area contributed by atoms with Gasteiger partial charge in [0.05, 0.1) is 12.2 Å². The molecule has 19 heavy (non-hydrogen) atoms. The van der Waals surface area contributed by atoms with Crippen molar-refractivity contribution in [2.75, 3.05) is 56.2 Å².